The molecule has 0 aliphatic heterocycles. The number of thiocyanates is 1. The monoisotopic (exact) mass is 263 g/mol. The summed E-state index contributed by atoms with van der Waals surface area (Å²) in [5.74, 6) is 0. The van der Waals surface area contributed by atoms with Crippen molar-refractivity contribution in [2.45, 2.75) is 31.1 Å². The Morgan fingerprint density at radius 2 is 2.12 bits per heavy atom. The number of aromatic nitrogens is 1. The summed E-state index contributed by atoms with van der Waals surface area (Å²) < 4.78 is 1.05. The van der Waals surface area contributed by atoms with Crippen LogP contribution in [-0.2, 0) is 5.41 Å². The Bertz CT molecular complexity index is 602. The number of anilines is 1. The van der Waals surface area contributed by atoms with E-state index in [4.69, 9.17) is 11.0 Å². The van der Waals surface area contributed by atoms with Crippen LogP contribution < -0.4 is 5.73 Å². The molecule has 88 valence electrons. The summed E-state index contributed by atoms with van der Waals surface area (Å²) in [6.45, 7) is 6.46. The van der Waals surface area contributed by atoms with Gasteiger partial charge >= 0.3 is 0 Å². The molecule has 1 aromatic carbocycles. The first-order valence-corrected chi connectivity index (χ1v) is 6.81. The smallest absolute Gasteiger partial charge is 0.181 e. The van der Waals surface area contributed by atoms with Crippen molar-refractivity contribution in [2.75, 3.05) is 5.73 Å². The predicted molar refractivity (Wildman–Crippen MR) is 74.2 cm³/mol. The minimum absolute atomic E-state index is 0.0533. The molecule has 2 aromatic rings. The molecule has 0 radical (unpaired) electrons. The number of nitrogens with two attached hydrogens (primary N) is 1. The number of hydrogen-bond donors (Lipinski definition) is 1. The fourth-order valence-electron chi connectivity index (χ4n) is 1.58. The second-order valence-electron chi connectivity index (χ2n) is 4.82. The quantitative estimate of drug-likeness (QED) is 0.628. The van der Waals surface area contributed by atoms with Gasteiger partial charge in [-0.2, -0.15) is 5.26 Å². The average molecular weight is 263 g/mol. The van der Waals surface area contributed by atoms with Gasteiger partial charge in [0, 0.05) is 4.90 Å². The van der Waals surface area contributed by atoms with Crippen LogP contribution in [0.2, 0.25) is 0 Å². The number of thiazole rings is 1. The van der Waals surface area contributed by atoms with E-state index in [0.717, 1.165) is 26.9 Å². The lowest BCUT2D eigenvalue weighted by atomic mass is 9.87. The largest absolute Gasteiger partial charge is 0.375 e. The fourth-order valence-corrected chi connectivity index (χ4v) is 2.98. The normalized spacial score (nSPS) is 11.6. The van der Waals surface area contributed by atoms with Gasteiger partial charge < -0.3 is 5.73 Å². The lowest BCUT2D eigenvalue weighted by Gasteiger charge is -2.19. The highest BCUT2D eigenvalue weighted by molar-refractivity contribution is 8.04. The van der Waals surface area contributed by atoms with Crippen molar-refractivity contribution in [1.82, 2.24) is 4.98 Å². The van der Waals surface area contributed by atoms with Gasteiger partial charge in [-0.05, 0) is 34.9 Å². The highest BCUT2D eigenvalue weighted by atomic mass is 32.2. The Morgan fingerprint density at radius 3 is 2.71 bits per heavy atom. The molecule has 0 saturated carbocycles. The van der Waals surface area contributed by atoms with Crippen molar-refractivity contribution >= 4 is 38.4 Å². The van der Waals surface area contributed by atoms with Gasteiger partial charge in [0.15, 0.2) is 5.13 Å². The molecule has 0 atom stereocenters. The van der Waals surface area contributed by atoms with Crippen molar-refractivity contribution in [3.8, 4) is 5.40 Å². The molecule has 0 spiro atoms. The maximum Gasteiger partial charge on any atom is 0.181 e. The number of thioether (sulfide) groups is 1. The second-order valence-corrected chi connectivity index (χ2v) is 6.71. The molecule has 0 unspecified atom stereocenters. The Balaban J connectivity index is 2.71. The summed E-state index contributed by atoms with van der Waals surface area (Å²) in [6.07, 6.45) is 0. The predicted octanol–water partition coefficient (Wildman–Crippen LogP) is 3.75. The third-order valence-corrected chi connectivity index (χ3v) is 3.95. The molecule has 0 amide bonds. The van der Waals surface area contributed by atoms with Gasteiger partial charge in [0.05, 0.1) is 10.2 Å². The van der Waals surface area contributed by atoms with Crippen molar-refractivity contribution in [3.05, 3.63) is 17.7 Å². The Hall–Kier alpha value is -1.25. The summed E-state index contributed by atoms with van der Waals surface area (Å²) in [6, 6.07) is 4.15. The molecule has 5 heteroatoms. The molecule has 0 fully saturated rings. The number of nitriles is 1. The molecule has 3 nitrogen and oxygen atoms in total. The van der Waals surface area contributed by atoms with Crippen LogP contribution in [0.15, 0.2) is 17.0 Å². The van der Waals surface area contributed by atoms with Crippen LogP contribution in [0.4, 0.5) is 5.13 Å². The van der Waals surface area contributed by atoms with Crippen molar-refractivity contribution in [2.24, 2.45) is 0 Å². The molecular formula is C12H13N3S2. The molecule has 2 N–H and O–H groups in total. The van der Waals surface area contributed by atoms with Gasteiger partial charge in [-0.1, -0.05) is 32.1 Å². The molecule has 0 aliphatic carbocycles. The zero-order valence-corrected chi connectivity index (χ0v) is 11.6. The number of nitrogens with zero attached hydrogens (tertiary/aromatic N) is 2. The molecule has 0 saturated heterocycles. The Morgan fingerprint density at radius 1 is 1.41 bits per heavy atom. The fraction of sp³-hybridized carbons (Fsp3) is 0.333. The van der Waals surface area contributed by atoms with E-state index in [0.29, 0.717) is 5.13 Å². The minimum Gasteiger partial charge on any atom is -0.375 e. The van der Waals surface area contributed by atoms with Gasteiger partial charge in [0.2, 0.25) is 0 Å². The highest BCUT2D eigenvalue weighted by Crippen LogP contribution is 2.36. The van der Waals surface area contributed by atoms with Crippen LogP contribution in [0.1, 0.15) is 26.3 Å². The van der Waals surface area contributed by atoms with Gasteiger partial charge in [-0.15, -0.1) is 0 Å². The molecule has 0 aliphatic rings. The summed E-state index contributed by atoms with van der Waals surface area (Å²) in [5, 5.41) is 11.5. The van der Waals surface area contributed by atoms with Crippen LogP contribution in [0.5, 0.6) is 0 Å². The van der Waals surface area contributed by atoms with Crippen molar-refractivity contribution in [1.29, 1.82) is 5.26 Å². The number of fused-ring (bicyclic) bond motifs is 1. The van der Waals surface area contributed by atoms with Crippen LogP contribution >= 0.6 is 23.1 Å². The first-order valence-electron chi connectivity index (χ1n) is 5.18. The molecule has 0 bridgehead atoms. The Kier molecular flexibility index (Phi) is 3.02. The van der Waals surface area contributed by atoms with E-state index in [-0.39, 0.29) is 5.41 Å². The Labute approximate surface area is 109 Å². The molecule has 2 rings (SSSR count). The van der Waals surface area contributed by atoms with Crippen molar-refractivity contribution < 1.29 is 0 Å². The van der Waals surface area contributed by atoms with Gasteiger partial charge in [0.1, 0.15) is 5.40 Å². The molecule has 17 heavy (non-hydrogen) atoms. The van der Waals surface area contributed by atoms with E-state index in [1.54, 1.807) is 0 Å². The SMILES string of the molecule is CC(C)(C)c1cc(SC#N)c2nc(N)sc2c1. The number of hydrogen-bond acceptors (Lipinski definition) is 5. The zero-order chi connectivity index (χ0) is 12.6. The molecular weight excluding hydrogens is 250 g/mol. The maximum atomic E-state index is 8.84. The van der Waals surface area contributed by atoms with E-state index < -0.39 is 0 Å². The summed E-state index contributed by atoms with van der Waals surface area (Å²) in [4.78, 5) is 5.17. The highest BCUT2D eigenvalue weighted by Gasteiger charge is 2.18. The van der Waals surface area contributed by atoms with Crippen LogP contribution in [-0.4, -0.2) is 4.98 Å². The van der Waals surface area contributed by atoms with Crippen LogP contribution in [0.3, 0.4) is 0 Å². The second kappa shape index (κ2) is 4.21. The van der Waals surface area contributed by atoms with E-state index >= 15 is 0 Å². The van der Waals surface area contributed by atoms with E-state index in [2.05, 4.69) is 37.2 Å². The summed E-state index contributed by atoms with van der Waals surface area (Å²) in [7, 11) is 0. The van der Waals surface area contributed by atoms with Crippen LogP contribution in [0, 0.1) is 10.7 Å². The van der Waals surface area contributed by atoms with E-state index in [1.807, 2.05) is 6.07 Å². The van der Waals surface area contributed by atoms with Gasteiger partial charge in [-0.3, -0.25) is 0 Å². The topological polar surface area (TPSA) is 62.7 Å². The summed E-state index contributed by atoms with van der Waals surface area (Å²) >= 11 is 2.61. The average Bonchev–Trinajstić information content (AvgIpc) is 2.57. The molecule has 1 heterocycles. The first-order chi connectivity index (χ1) is 7.91. The van der Waals surface area contributed by atoms with Crippen molar-refractivity contribution in [3.63, 3.8) is 0 Å². The number of benzene rings is 1. The third-order valence-electron chi connectivity index (χ3n) is 2.50. The van der Waals surface area contributed by atoms with Gasteiger partial charge in [-0.25, -0.2) is 4.98 Å². The zero-order valence-electron chi connectivity index (χ0n) is 9.94. The number of rotatable bonds is 1. The summed E-state index contributed by atoms with van der Waals surface area (Å²) in [5.41, 5.74) is 7.82. The third kappa shape index (κ3) is 2.38. The minimum atomic E-state index is 0.0533. The van der Waals surface area contributed by atoms with Gasteiger partial charge in [0.25, 0.3) is 0 Å². The lowest BCUT2D eigenvalue weighted by molar-refractivity contribution is 0.590. The van der Waals surface area contributed by atoms with E-state index in [9.17, 15) is 0 Å². The van der Waals surface area contributed by atoms with Crippen LogP contribution in [0.25, 0.3) is 10.2 Å². The standard InChI is InChI=1S/C12H13N3S2/c1-12(2,3)7-4-8(16-6-13)10-9(5-7)17-11(14)15-10/h4-5H,1-3H3,(H2,14,15). The number of nitrogen functional groups attached to an aromatic ring is 1. The lowest BCUT2D eigenvalue weighted by Crippen LogP contribution is -2.10. The molecule has 1 aromatic heterocycles. The van der Waals surface area contributed by atoms with E-state index in [1.165, 1.54) is 16.9 Å². The maximum absolute atomic E-state index is 8.84. The first kappa shape index (κ1) is 12.2.